The van der Waals surface area contributed by atoms with Crippen LogP contribution in [0.5, 0.6) is 0 Å². The number of benzene rings is 1. The number of nitrogens with zero attached hydrogens (tertiary/aromatic N) is 1. The molecule has 1 fully saturated rings. The van der Waals surface area contributed by atoms with E-state index in [1.165, 1.54) is 19.3 Å². The highest BCUT2D eigenvalue weighted by atomic mass is 32.2. The van der Waals surface area contributed by atoms with E-state index < -0.39 is 0 Å². The van der Waals surface area contributed by atoms with Crippen molar-refractivity contribution in [2.24, 2.45) is 0 Å². The Balaban J connectivity index is 2.14. The van der Waals surface area contributed by atoms with Crippen LogP contribution in [0.15, 0.2) is 18.2 Å². The molecule has 0 aliphatic heterocycles. The number of hydrogen-bond donors (Lipinski definition) is 1. The highest BCUT2D eigenvalue weighted by Crippen LogP contribution is 2.31. The summed E-state index contributed by atoms with van der Waals surface area (Å²) < 4.78 is 0. The number of aryl methyl sites for hydroxylation is 1. The predicted molar refractivity (Wildman–Crippen MR) is 81.0 cm³/mol. The van der Waals surface area contributed by atoms with E-state index in [0.717, 1.165) is 12.1 Å². The Morgan fingerprint density at radius 1 is 1.37 bits per heavy atom. The zero-order valence-electron chi connectivity index (χ0n) is 11.4. The lowest BCUT2D eigenvalue weighted by atomic mass is 9.94. The molecule has 0 spiro atoms. The van der Waals surface area contributed by atoms with Crippen molar-refractivity contribution in [2.75, 3.05) is 11.6 Å². The van der Waals surface area contributed by atoms with Gasteiger partial charge < -0.3 is 5.32 Å². The van der Waals surface area contributed by atoms with E-state index in [1.54, 1.807) is 13.0 Å². The third-order valence-corrected chi connectivity index (χ3v) is 4.93. The molecule has 19 heavy (non-hydrogen) atoms. The number of rotatable bonds is 4. The summed E-state index contributed by atoms with van der Waals surface area (Å²) in [7, 11) is 0. The maximum absolute atomic E-state index is 11.0. The Hall–Kier alpha value is -1.23. The third kappa shape index (κ3) is 3.41. The highest BCUT2D eigenvalue weighted by Gasteiger charge is 2.24. The Kier molecular flexibility index (Phi) is 4.69. The van der Waals surface area contributed by atoms with E-state index in [2.05, 4.69) is 11.6 Å². The molecule has 5 heteroatoms. The first-order valence-corrected chi connectivity index (χ1v) is 7.95. The Morgan fingerprint density at radius 2 is 2.11 bits per heavy atom. The van der Waals surface area contributed by atoms with Gasteiger partial charge in [0, 0.05) is 28.6 Å². The molecule has 1 aromatic carbocycles. The average Bonchev–Trinajstić information content (AvgIpc) is 2.41. The van der Waals surface area contributed by atoms with Crippen LogP contribution in [-0.2, 0) is 0 Å². The molecule has 2 rings (SSSR count). The van der Waals surface area contributed by atoms with Gasteiger partial charge in [-0.3, -0.25) is 10.1 Å². The number of anilines is 1. The molecule has 0 saturated heterocycles. The van der Waals surface area contributed by atoms with Gasteiger partial charge >= 0.3 is 0 Å². The molecule has 2 atom stereocenters. The summed E-state index contributed by atoms with van der Waals surface area (Å²) in [6.45, 7) is 1.77. The summed E-state index contributed by atoms with van der Waals surface area (Å²) in [6.07, 6.45) is 7.04. The van der Waals surface area contributed by atoms with Gasteiger partial charge in [-0.25, -0.2) is 0 Å². The SMILES string of the molecule is CSC1CCCCC1Nc1ccc(C)c([N+](=O)[O-])c1. The second-order valence-electron chi connectivity index (χ2n) is 5.07. The van der Waals surface area contributed by atoms with E-state index in [0.29, 0.717) is 16.9 Å². The standard InChI is InChI=1S/C14H20N2O2S/c1-10-7-8-11(9-13(10)16(17)18)15-12-5-3-4-6-14(12)19-2/h7-9,12,14-15H,3-6H2,1-2H3. The molecular formula is C14H20N2O2S. The maximum atomic E-state index is 11.0. The summed E-state index contributed by atoms with van der Waals surface area (Å²) in [5.74, 6) is 0. The lowest BCUT2D eigenvalue weighted by Crippen LogP contribution is -2.34. The molecule has 0 aromatic heterocycles. The van der Waals surface area contributed by atoms with E-state index in [1.807, 2.05) is 23.9 Å². The van der Waals surface area contributed by atoms with E-state index in [4.69, 9.17) is 0 Å². The number of hydrogen-bond acceptors (Lipinski definition) is 4. The topological polar surface area (TPSA) is 55.2 Å². The maximum Gasteiger partial charge on any atom is 0.274 e. The fourth-order valence-electron chi connectivity index (χ4n) is 2.65. The Bertz CT molecular complexity index is 465. The summed E-state index contributed by atoms with van der Waals surface area (Å²) in [4.78, 5) is 10.6. The highest BCUT2D eigenvalue weighted by molar-refractivity contribution is 7.99. The molecule has 1 aromatic rings. The van der Waals surface area contributed by atoms with Gasteiger partial charge in [0.15, 0.2) is 0 Å². The van der Waals surface area contributed by atoms with Gasteiger partial charge in [0.2, 0.25) is 0 Å². The van der Waals surface area contributed by atoms with Gasteiger partial charge in [-0.05, 0) is 32.1 Å². The lowest BCUT2D eigenvalue weighted by molar-refractivity contribution is -0.385. The van der Waals surface area contributed by atoms with Crippen LogP contribution < -0.4 is 5.32 Å². The smallest absolute Gasteiger partial charge is 0.274 e. The van der Waals surface area contributed by atoms with Crippen molar-refractivity contribution >= 4 is 23.1 Å². The van der Waals surface area contributed by atoms with Crippen LogP contribution in [0.1, 0.15) is 31.2 Å². The fraction of sp³-hybridized carbons (Fsp3) is 0.571. The van der Waals surface area contributed by atoms with Crippen LogP contribution in [0, 0.1) is 17.0 Å². The molecule has 0 bridgehead atoms. The van der Waals surface area contributed by atoms with Gasteiger partial charge in [-0.15, -0.1) is 0 Å². The molecule has 1 aliphatic rings. The monoisotopic (exact) mass is 280 g/mol. The molecule has 0 radical (unpaired) electrons. The van der Waals surface area contributed by atoms with Crippen molar-refractivity contribution in [1.29, 1.82) is 0 Å². The molecule has 1 aliphatic carbocycles. The second kappa shape index (κ2) is 6.28. The minimum absolute atomic E-state index is 0.196. The molecule has 0 heterocycles. The molecule has 104 valence electrons. The van der Waals surface area contributed by atoms with E-state index >= 15 is 0 Å². The van der Waals surface area contributed by atoms with Crippen LogP contribution in [0.4, 0.5) is 11.4 Å². The first kappa shape index (κ1) is 14.2. The van der Waals surface area contributed by atoms with Crippen molar-refractivity contribution in [3.05, 3.63) is 33.9 Å². The summed E-state index contributed by atoms with van der Waals surface area (Å²) >= 11 is 1.89. The fourth-order valence-corrected chi connectivity index (χ4v) is 3.59. The van der Waals surface area contributed by atoms with Crippen molar-refractivity contribution in [1.82, 2.24) is 0 Å². The third-order valence-electron chi connectivity index (χ3n) is 3.76. The van der Waals surface area contributed by atoms with Crippen molar-refractivity contribution in [2.45, 2.75) is 43.9 Å². The first-order valence-electron chi connectivity index (χ1n) is 6.66. The molecule has 4 nitrogen and oxygen atoms in total. The zero-order chi connectivity index (χ0) is 13.8. The first-order chi connectivity index (χ1) is 9.11. The van der Waals surface area contributed by atoms with Gasteiger partial charge in [-0.2, -0.15) is 11.8 Å². The number of nitrogens with one attached hydrogen (secondary N) is 1. The summed E-state index contributed by atoms with van der Waals surface area (Å²) in [5.41, 5.74) is 1.77. The molecule has 1 saturated carbocycles. The van der Waals surface area contributed by atoms with Crippen molar-refractivity contribution < 1.29 is 4.92 Å². The average molecular weight is 280 g/mol. The quantitative estimate of drug-likeness (QED) is 0.669. The number of nitro benzene ring substituents is 1. The minimum Gasteiger partial charge on any atom is -0.381 e. The molecule has 2 unspecified atom stereocenters. The minimum atomic E-state index is -0.312. The van der Waals surface area contributed by atoms with Crippen LogP contribution in [0.2, 0.25) is 0 Å². The van der Waals surface area contributed by atoms with Crippen molar-refractivity contribution in [3.63, 3.8) is 0 Å². The number of thioether (sulfide) groups is 1. The molecular weight excluding hydrogens is 260 g/mol. The van der Waals surface area contributed by atoms with E-state index in [9.17, 15) is 10.1 Å². The second-order valence-corrected chi connectivity index (χ2v) is 6.14. The van der Waals surface area contributed by atoms with Gasteiger partial charge in [0.25, 0.3) is 5.69 Å². The van der Waals surface area contributed by atoms with Crippen LogP contribution in [0.3, 0.4) is 0 Å². The van der Waals surface area contributed by atoms with Gasteiger partial charge in [0.05, 0.1) is 4.92 Å². The van der Waals surface area contributed by atoms with Crippen LogP contribution in [-0.4, -0.2) is 22.5 Å². The van der Waals surface area contributed by atoms with Gasteiger partial charge in [0.1, 0.15) is 0 Å². The Morgan fingerprint density at radius 3 is 2.79 bits per heavy atom. The van der Waals surface area contributed by atoms with Crippen LogP contribution >= 0.6 is 11.8 Å². The Labute approximate surface area is 118 Å². The predicted octanol–water partition coefficient (Wildman–Crippen LogP) is 3.99. The van der Waals surface area contributed by atoms with Crippen molar-refractivity contribution in [3.8, 4) is 0 Å². The largest absolute Gasteiger partial charge is 0.381 e. The molecule has 1 N–H and O–H groups in total. The van der Waals surface area contributed by atoms with E-state index in [-0.39, 0.29) is 10.6 Å². The summed E-state index contributed by atoms with van der Waals surface area (Å²) in [6, 6.07) is 5.83. The zero-order valence-corrected chi connectivity index (χ0v) is 12.2. The lowest BCUT2D eigenvalue weighted by Gasteiger charge is -2.31. The van der Waals surface area contributed by atoms with Gasteiger partial charge in [-0.1, -0.05) is 18.9 Å². The number of nitro groups is 1. The van der Waals surface area contributed by atoms with Crippen LogP contribution in [0.25, 0.3) is 0 Å². The molecule has 0 amide bonds. The normalized spacial score (nSPS) is 23.1. The summed E-state index contributed by atoms with van der Waals surface area (Å²) in [5, 5.41) is 15.0.